The molecule has 2 rings (SSSR count). The van der Waals surface area contributed by atoms with Crippen molar-refractivity contribution in [2.75, 3.05) is 0 Å². The van der Waals surface area contributed by atoms with Crippen LogP contribution in [-0.4, -0.2) is 0 Å². The van der Waals surface area contributed by atoms with Crippen LogP contribution in [0.4, 0.5) is 0 Å². The average Bonchev–Trinajstić information content (AvgIpc) is 2.35. The van der Waals surface area contributed by atoms with Gasteiger partial charge in [0.1, 0.15) is 0 Å². The van der Waals surface area contributed by atoms with Gasteiger partial charge in [-0.15, -0.1) is 0 Å². The highest BCUT2D eigenvalue weighted by atomic mass is 14.5. The Morgan fingerprint density at radius 2 is 1.62 bits per heavy atom. The number of nitrogens with two attached hydrogens (primary N) is 1. The number of fused-ring (bicyclic) bond motifs is 1. The first-order valence-corrected chi connectivity index (χ1v) is 6.05. The zero-order chi connectivity index (χ0) is 11.4. The molecule has 0 amide bonds. The molecule has 0 spiro atoms. The van der Waals surface area contributed by atoms with Crippen LogP contribution in [0.2, 0.25) is 0 Å². The molecule has 2 N–H and O–H groups in total. The van der Waals surface area contributed by atoms with E-state index in [2.05, 4.69) is 43.3 Å². The highest BCUT2D eigenvalue weighted by molar-refractivity contribution is 5.83. The minimum Gasteiger partial charge on any atom is -0.326 e. The van der Waals surface area contributed by atoms with Gasteiger partial charge in [-0.1, -0.05) is 43.7 Å². The number of benzene rings is 2. The summed E-state index contributed by atoms with van der Waals surface area (Å²) < 4.78 is 0. The Balaban J connectivity index is 2.35. The van der Waals surface area contributed by atoms with E-state index in [1.165, 1.54) is 41.2 Å². The first kappa shape index (κ1) is 11.2. The molecule has 0 saturated carbocycles. The van der Waals surface area contributed by atoms with Crippen LogP contribution in [0.25, 0.3) is 10.8 Å². The molecule has 84 valence electrons. The molecule has 0 bridgehead atoms. The third-order valence-corrected chi connectivity index (χ3v) is 3.02. The van der Waals surface area contributed by atoms with Gasteiger partial charge in [0.25, 0.3) is 0 Å². The van der Waals surface area contributed by atoms with Gasteiger partial charge < -0.3 is 5.73 Å². The van der Waals surface area contributed by atoms with Crippen molar-refractivity contribution < 1.29 is 0 Å². The van der Waals surface area contributed by atoms with Crippen LogP contribution >= 0.6 is 0 Å². The van der Waals surface area contributed by atoms with Crippen molar-refractivity contribution in [3.8, 4) is 0 Å². The molecule has 0 heterocycles. The predicted molar refractivity (Wildman–Crippen MR) is 70.5 cm³/mol. The number of rotatable bonds is 4. The maximum Gasteiger partial charge on any atom is 0.0178 e. The van der Waals surface area contributed by atoms with E-state index < -0.39 is 0 Å². The zero-order valence-corrected chi connectivity index (χ0v) is 9.87. The van der Waals surface area contributed by atoms with Crippen molar-refractivity contribution in [3.63, 3.8) is 0 Å². The van der Waals surface area contributed by atoms with Crippen LogP contribution in [0.5, 0.6) is 0 Å². The molecule has 1 nitrogen and oxygen atoms in total. The maximum absolute atomic E-state index is 5.66. The highest BCUT2D eigenvalue weighted by Gasteiger charge is 1.98. The third-order valence-electron chi connectivity index (χ3n) is 3.02. The van der Waals surface area contributed by atoms with Crippen LogP contribution < -0.4 is 5.73 Å². The largest absolute Gasteiger partial charge is 0.326 e. The molecular formula is C15H19N. The molecule has 0 aromatic heterocycles. The minimum absolute atomic E-state index is 0.620. The van der Waals surface area contributed by atoms with Crippen LogP contribution in [0, 0.1) is 0 Å². The molecule has 0 saturated heterocycles. The Morgan fingerprint density at radius 1 is 0.938 bits per heavy atom. The summed E-state index contributed by atoms with van der Waals surface area (Å²) in [7, 11) is 0. The van der Waals surface area contributed by atoms with E-state index in [9.17, 15) is 0 Å². The second kappa shape index (κ2) is 5.13. The Bertz CT molecular complexity index is 474. The second-order valence-electron chi connectivity index (χ2n) is 4.32. The Labute approximate surface area is 97.3 Å². The number of hydrogen-bond donors (Lipinski definition) is 1. The smallest absolute Gasteiger partial charge is 0.0178 e. The normalized spacial score (nSPS) is 10.9. The van der Waals surface area contributed by atoms with Gasteiger partial charge in [0, 0.05) is 6.54 Å². The molecule has 0 fully saturated rings. The van der Waals surface area contributed by atoms with Gasteiger partial charge >= 0.3 is 0 Å². The van der Waals surface area contributed by atoms with E-state index in [0.717, 1.165) is 0 Å². The van der Waals surface area contributed by atoms with Gasteiger partial charge in [-0.3, -0.25) is 0 Å². The van der Waals surface area contributed by atoms with E-state index in [4.69, 9.17) is 5.73 Å². The fourth-order valence-electron chi connectivity index (χ4n) is 2.01. The average molecular weight is 213 g/mol. The van der Waals surface area contributed by atoms with Gasteiger partial charge in [-0.2, -0.15) is 0 Å². The number of hydrogen-bond acceptors (Lipinski definition) is 1. The van der Waals surface area contributed by atoms with E-state index >= 15 is 0 Å². The summed E-state index contributed by atoms with van der Waals surface area (Å²) in [5, 5.41) is 2.62. The van der Waals surface area contributed by atoms with Crippen molar-refractivity contribution in [1.29, 1.82) is 0 Å². The maximum atomic E-state index is 5.66. The lowest BCUT2D eigenvalue weighted by molar-refractivity contribution is 0.796. The lowest BCUT2D eigenvalue weighted by atomic mass is 10.0. The van der Waals surface area contributed by atoms with Crippen molar-refractivity contribution >= 4 is 10.8 Å². The minimum atomic E-state index is 0.620. The molecule has 0 atom stereocenters. The Morgan fingerprint density at radius 3 is 2.31 bits per heavy atom. The lowest BCUT2D eigenvalue weighted by Gasteiger charge is -2.05. The van der Waals surface area contributed by atoms with Gasteiger partial charge in [-0.05, 0) is 40.8 Å². The topological polar surface area (TPSA) is 26.0 Å². The van der Waals surface area contributed by atoms with E-state index in [-0.39, 0.29) is 0 Å². The van der Waals surface area contributed by atoms with Crippen molar-refractivity contribution in [2.45, 2.75) is 32.7 Å². The summed E-state index contributed by atoms with van der Waals surface area (Å²) in [4.78, 5) is 0. The summed E-state index contributed by atoms with van der Waals surface area (Å²) in [6.07, 6.45) is 3.70. The number of unbranched alkanes of at least 4 members (excludes halogenated alkanes) is 1. The first-order chi connectivity index (χ1) is 7.83. The molecule has 16 heavy (non-hydrogen) atoms. The fraction of sp³-hybridized carbons (Fsp3) is 0.333. The van der Waals surface area contributed by atoms with Crippen molar-refractivity contribution in [2.24, 2.45) is 5.73 Å². The quantitative estimate of drug-likeness (QED) is 0.824. The standard InChI is InChI=1S/C15H19N/c1-2-3-4-12-5-7-14-8-6-13(11-16)10-15(14)9-12/h5-10H,2-4,11,16H2,1H3. The van der Waals surface area contributed by atoms with Crippen LogP contribution in [0.3, 0.4) is 0 Å². The Kier molecular flexibility index (Phi) is 3.58. The molecule has 1 heteroatoms. The summed E-state index contributed by atoms with van der Waals surface area (Å²) in [5.41, 5.74) is 8.30. The molecule has 0 aliphatic carbocycles. The van der Waals surface area contributed by atoms with E-state index in [0.29, 0.717) is 6.54 Å². The second-order valence-corrected chi connectivity index (χ2v) is 4.32. The molecule has 0 aliphatic rings. The summed E-state index contributed by atoms with van der Waals surface area (Å²) in [5.74, 6) is 0. The molecule has 0 aliphatic heterocycles. The van der Waals surface area contributed by atoms with Gasteiger partial charge in [-0.25, -0.2) is 0 Å². The van der Waals surface area contributed by atoms with Crippen LogP contribution in [-0.2, 0) is 13.0 Å². The van der Waals surface area contributed by atoms with E-state index in [1.807, 2.05) is 0 Å². The SMILES string of the molecule is CCCCc1ccc2ccc(CN)cc2c1. The molecule has 2 aromatic carbocycles. The third kappa shape index (κ3) is 2.42. The van der Waals surface area contributed by atoms with Crippen molar-refractivity contribution in [1.82, 2.24) is 0 Å². The van der Waals surface area contributed by atoms with Crippen LogP contribution in [0.1, 0.15) is 30.9 Å². The highest BCUT2D eigenvalue weighted by Crippen LogP contribution is 2.19. The number of aryl methyl sites for hydroxylation is 1. The van der Waals surface area contributed by atoms with Gasteiger partial charge in [0.05, 0.1) is 0 Å². The predicted octanol–water partition coefficient (Wildman–Crippen LogP) is 3.64. The Hall–Kier alpha value is -1.34. The molecule has 2 aromatic rings. The molecule has 0 radical (unpaired) electrons. The van der Waals surface area contributed by atoms with E-state index in [1.54, 1.807) is 0 Å². The monoisotopic (exact) mass is 213 g/mol. The van der Waals surface area contributed by atoms with Gasteiger partial charge in [0.2, 0.25) is 0 Å². The molecular weight excluding hydrogens is 194 g/mol. The van der Waals surface area contributed by atoms with Gasteiger partial charge in [0.15, 0.2) is 0 Å². The zero-order valence-electron chi connectivity index (χ0n) is 9.87. The summed E-state index contributed by atoms with van der Waals surface area (Å²) >= 11 is 0. The van der Waals surface area contributed by atoms with Crippen molar-refractivity contribution in [3.05, 3.63) is 47.5 Å². The van der Waals surface area contributed by atoms with Crippen LogP contribution in [0.15, 0.2) is 36.4 Å². The molecule has 0 unspecified atom stereocenters. The summed E-state index contributed by atoms with van der Waals surface area (Å²) in [6.45, 7) is 2.85. The lowest BCUT2D eigenvalue weighted by Crippen LogP contribution is -1.95. The first-order valence-electron chi connectivity index (χ1n) is 6.05. The fourth-order valence-corrected chi connectivity index (χ4v) is 2.01. The summed E-state index contributed by atoms with van der Waals surface area (Å²) in [6, 6.07) is 13.2.